The standard InChI is InChI=1S/C18H15ClN2O2/c1-12-15(19)6-4-7-16(12)20-18(23)10-21-9-13(11-22)14-5-2-3-8-17(14)21/h2-9,11H,10H2,1H3,(H,20,23). The van der Waals surface area contributed by atoms with Crippen LogP contribution in [0.15, 0.2) is 48.7 Å². The molecule has 0 aliphatic heterocycles. The number of halogens is 1. The van der Waals surface area contributed by atoms with Gasteiger partial charge in [0.1, 0.15) is 6.54 Å². The molecule has 0 bridgehead atoms. The smallest absolute Gasteiger partial charge is 0.244 e. The maximum atomic E-state index is 12.3. The molecule has 5 heteroatoms. The van der Waals surface area contributed by atoms with Gasteiger partial charge in [0.05, 0.1) is 0 Å². The molecule has 0 unspecified atom stereocenters. The lowest BCUT2D eigenvalue weighted by atomic mass is 10.2. The summed E-state index contributed by atoms with van der Waals surface area (Å²) in [7, 11) is 0. The van der Waals surface area contributed by atoms with Crippen molar-refractivity contribution in [2.45, 2.75) is 13.5 Å². The van der Waals surface area contributed by atoms with Crippen molar-refractivity contribution in [3.05, 3.63) is 64.8 Å². The number of nitrogens with one attached hydrogen (secondary N) is 1. The molecule has 116 valence electrons. The van der Waals surface area contributed by atoms with Crippen LogP contribution in [0.2, 0.25) is 5.02 Å². The number of para-hydroxylation sites is 1. The Morgan fingerprint density at radius 1 is 1.22 bits per heavy atom. The highest BCUT2D eigenvalue weighted by molar-refractivity contribution is 6.31. The van der Waals surface area contributed by atoms with Gasteiger partial charge in [-0.2, -0.15) is 0 Å². The molecule has 0 aliphatic carbocycles. The van der Waals surface area contributed by atoms with Crippen LogP contribution >= 0.6 is 11.6 Å². The Morgan fingerprint density at radius 2 is 2.00 bits per heavy atom. The molecule has 0 radical (unpaired) electrons. The van der Waals surface area contributed by atoms with E-state index >= 15 is 0 Å². The normalized spacial score (nSPS) is 10.7. The Balaban J connectivity index is 1.86. The fraction of sp³-hybridized carbons (Fsp3) is 0.111. The molecule has 1 heterocycles. The van der Waals surface area contributed by atoms with E-state index in [0.717, 1.165) is 22.8 Å². The van der Waals surface area contributed by atoms with Gasteiger partial charge in [-0.1, -0.05) is 35.9 Å². The summed E-state index contributed by atoms with van der Waals surface area (Å²) < 4.78 is 1.77. The Morgan fingerprint density at radius 3 is 2.78 bits per heavy atom. The summed E-state index contributed by atoms with van der Waals surface area (Å²) in [4.78, 5) is 23.5. The Kier molecular flexibility index (Phi) is 4.17. The lowest BCUT2D eigenvalue weighted by Crippen LogP contribution is -2.18. The number of aldehydes is 1. The van der Waals surface area contributed by atoms with E-state index in [4.69, 9.17) is 11.6 Å². The molecule has 4 nitrogen and oxygen atoms in total. The molecule has 0 aliphatic rings. The van der Waals surface area contributed by atoms with Crippen molar-refractivity contribution in [2.75, 3.05) is 5.32 Å². The number of fused-ring (bicyclic) bond motifs is 1. The van der Waals surface area contributed by atoms with Crippen molar-refractivity contribution in [1.29, 1.82) is 0 Å². The molecule has 1 amide bonds. The average molecular weight is 327 g/mol. The summed E-state index contributed by atoms with van der Waals surface area (Å²) in [6.07, 6.45) is 2.50. The topological polar surface area (TPSA) is 51.1 Å². The molecular formula is C18H15ClN2O2. The summed E-state index contributed by atoms with van der Waals surface area (Å²) >= 11 is 6.06. The molecule has 1 N–H and O–H groups in total. The molecule has 2 aromatic carbocycles. The van der Waals surface area contributed by atoms with Crippen molar-refractivity contribution in [1.82, 2.24) is 4.57 Å². The minimum atomic E-state index is -0.173. The first-order valence-electron chi connectivity index (χ1n) is 7.18. The first-order valence-corrected chi connectivity index (χ1v) is 7.56. The maximum absolute atomic E-state index is 12.3. The first kappa shape index (κ1) is 15.3. The molecule has 3 rings (SSSR count). The van der Waals surface area contributed by atoms with Crippen LogP contribution in [-0.2, 0) is 11.3 Å². The van der Waals surface area contributed by atoms with E-state index in [2.05, 4.69) is 5.32 Å². The lowest BCUT2D eigenvalue weighted by Gasteiger charge is -2.10. The van der Waals surface area contributed by atoms with Gasteiger partial charge in [-0.3, -0.25) is 9.59 Å². The van der Waals surface area contributed by atoms with E-state index in [9.17, 15) is 9.59 Å². The molecule has 1 aromatic heterocycles. The van der Waals surface area contributed by atoms with Crippen molar-refractivity contribution in [2.24, 2.45) is 0 Å². The predicted molar refractivity (Wildman–Crippen MR) is 92.1 cm³/mol. The number of carbonyl (C=O) groups excluding carboxylic acids is 2. The zero-order valence-electron chi connectivity index (χ0n) is 12.5. The second-order valence-corrected chi connectivity index (χ2v) is 5.72. The van der Waals surface area contributed by atoms with Crippen molar-refractivity contribution >= 4 is 40.4 Å². The van der Waals surface area contributed by atoms with Crippen LogP contribution in [0.25, 0.3) is 10.9 Å². The molecule has 0 atom stereocenters. The number of hydrogen-bond acceptors (Lipinski definition) is 2. The zero-order valence-corrected chi connectivity index (χ0v) is 13.3. The summed E-state index contributed by atoms with van der Waals surface area (Å²) in [5.74, 6) is -0.173. The zero-order chi connectivity index (χ0) is 16.4. The van der Waals surface area contributed by atoms with Gasteiger partial charge in [0.2, 0.25) is 5.91 Å². The van der Waals surface area contributed by atoms with Gasteiger partial charge >= 0.3 is 0 Å². The highest BCUT2D eigenvalue weighted by atomic mass is 35.5. The third kappa shape index (κ3) is 2.98. The van der Waals surface area contributed by atoms with Gasteiger partial charge in [-0.15, -0.1) is 0 Å². The molecule has 0 fully saturated rings. The number of nitrogens with zero attached hydrogens (tertiary/aromatic N) is 1. The van der Waals surface area contributed by atoms with Gasteiger partial charge in [0, 0.05) is 33.4 Å². The second kappa shape index (κ2) is 6.26. The van der Waals surface area contributed by atoms with Crippen LogP contribution in [0, 0.1) is 6.92 Å². The number of rotatable bonds is 4. The van der Waals surface area contributed by atoms with Gasteiger partial charge in [-0.25, -0.2) is 0 Å². The van der Waals surface area contributed by atoms with E-state index in [1.54, 1.807) is 22.9 Å². The van der Waals surface area contributed by atoms with Crippen molar-refractivity contribution in [3.8, 4) is 0 Å². The van der Waals surface area contributed by atoms with Crippen LogP contribution in [0.4, 0.5) is 5.69 Å². The van der Waals surface area contributed by atoms with Gasteiger partial charge < -0.3 is 9.88 Å². The van der Waals surface area contributed by atoms with E-state index in [-0.39, 0.29) is 12.5 Å². The fourth-order valence-electron chi connectivity index (χ4n) is 2.59. The van der Waals surface area contributed by atoms with E-state index in [0.29, 0.717) is 16.3 Å². The predicted octanol–water partition coefficient (Wildman–Crippen LogP) is 4.05. The van der Waals surface area contributed by atoms with E-state index < -0.39 is 0 Å². The first-order chi connectivity index (χ1) is 11.1. The largest absolute Gasteiger partial charge is 0.337 e. The molecular weight excluding hydrogens is 312 g/mol. The number of benzene rings is 2. The Hall–Kier alpha value is -2.59. The average Bonchev–Trinajstić information content (AvgIpc) is 2.90. The number of carbonyl (C=O) groups is 2. The minimum absolute atomic E-state index is 0.125. The van der Waals surface area contributed by atoms with E-state index in [1.807, 2.05) is 37.3 Å². The van der Waals surface area contributed by atoms with Gasteiger partial charge in [0.25, 0.3) is 0 Å². The molecule has 3 aromatic rings. The van der Waals surface area contributed by atoms with Crippen LogP contribution < -0.4 is 5.32 Å². The second-order valence-electron chi connectivity index (χ2n) is 5.31. The van der Waals surface area contributed by atoms with Gasteiger partial charge in [0.15, 0.2) is 6.29 Å². The molecule has 23 heavy (non-hydrogen) atoms. The van der Waals surface area contributed by atoms with Crippen molar-refractivity contribution in [3.63, 3.8) is 0 Å². The lowest BCUT2D eigenvalue weighted by molar-refractivity contribution is -0.116. The van der Waals surface area contributed by atoms with Crippen LogP contribution in [0.3, 0.4) is 0 Å². The van der Waals surface area contributed by atoms with Gasteiger partial charge in [-0.05, 0) is 30.7 Å². The number of hydrogen-bond donors (Lipinski definition) is 1. The monoisotopic (exact) mass is 326 g/mol. The van der Waals surface area contributed by atoms with Crippen LogP contribution in [0.1, 0.15) is 15.9 Å². The summed E-state index contributed by atoms with van der Waals surface area (Å²) in [6.45, 7) is 1.98. The van der Waals surface area contributed by atoms with Crippen molar-refractivity contribution < 1.29 is 9.59 Å². The third-order valence-electron chi connectivity index (χ3n) is 3.80. The maximum Gasteiger partial charge on any atom is 0.244 e. The quantitative estimate of drug-likeness (QED) is 0.735. The van der Waals surface area contributed by atoms with Crippen LogP contribution in [0.5, 0.6) is 0 Å². The summed E-state index contributed by atoms with van der Waals surface area (Å²) in [5.41, 5.74) is 2.95. The molecule has 0 saturated carbocycles. The number of aromatic nitrogens is 1. The minimum Gasteiger partial charge on any atom is -0.337 e. The Bertz CT molecular complexity index is 899. The fourth-order valence-corrected chi connectivity index (χ4v) is 2.76. The third-order valence-corrected chi connectivity index (χ3v) is 4.21. The SMILES string of the molecule is Cc1c(Cl)cccc1NC(=O)Cn1cc(C=O)c2ccccc21. The number of anilines is 1. The number of amides is 1. The summed E-state index contributed by atoms with van der Waals surface area (Å²) in [6, 6.07) is 12.9. The highest BCUT2D eigenvalue weighted by Gasteiger charge is 2.11. The van der Waals surface area contributed by atoms with Crippen LogP contribution in [-0.4, -0.2) is 16.8 Å². The molecule has 0 saturated heterocycles. The summed E-state index contributed by atoms with van der Waals surface area (Å²) in [5, 5.41) is 4.31. The Labute approximate surface area is 138 Å². The highest BCUT2D eigenvalue weighted by Crippen LogP contribution is 2.23. The molecule has 0 spiro atoms. The van der Waals surface area contributed by atoms with E-state index in [1.165, 1.54) is 0 Å².